The zero-order valence-corrected chi connectivity index (χ0v) is 7.83. The number of rotatable bonds is 4. The average molecular weight is 164 g/mol. The molecule has 2 heteroatoms. The molecule has 12 heavy (non-hydrogen) atoms. The number of aromatic nitrogens is 2. The number of nitrogens with zero attached hydrogens (tertiary/aromatic N) is 2. The van der Waals surface area contributed by atoms with E-state index in [4.69, 9.17) is 0 Å². The molecule has 1 atom stereocenters. The Morgan fingerprint density at radius 2 is 2.17 bits per heavy atom. The molecule has 0 spiro atoms. The van der Waals surface area contributed by atoms with Gasteiger partial charge in [-0.3, -0.25) is 9.97 Å². The quantitative estimate of drug-likeness (QED) is 0.683. The molecule has 0 aliphatic heterocycles. The minimum atomic E-state index is 0.601. The number of hydrogen-bond acceptors (Lipinski definition) is 2. The maximum atomic E-state index is 4.31. The molecule has 0 saturated heterocycles. The van der Waals surface area contributed by atoms with Crippen LogP contribution in [0, 0.1) is 0 Å². The van der Waals surface area contributed by atoms with Crippen LogP contribution in [0.4, 0.5) is 0 Å². The molecule has 0 radical (unpaired) electrons. The summed E-state index contributed by atoms with van der Waals surface area (Å²) < 4.78 is 0. The maximum absolute atomic E-state index is 4.31. The Morgan fingerprint density at radius 1 is 1.33 bits per heavy atom. The standard InChI is InChI=1S/C10H16N2/c1-3-5-9(4-2)10-8-11-6-7-12-10/h6-9H,3-5H2,1-2H3. The fourth-order valence-corrected chi connectivity index (χ4v) is 1.43. The zero-order valence-electron chi connectivity index (χ0n) is 7.83. The third-order valence-corrected chi connectivity index (χ3v) is 2.13. The van der Waals surface area contributed by atoms with Crippen molar-refractivity contribution in [1.82, 2.24) is 9.97 Å². The summed E-state index contributed by atoms with van der Waals surface area (Å²) >= 11 is 0. The fraction of sp³-hybridized carbons (Fsp3) is 0.600. The third kappa shape index (κ3) is 2.29. The van der Waals surface area contributed by atoms with Gasteiger partial charge in [-0.15, -0.1) is 0 Å². The van der Waals surface area contributed by atoms with Gasteiger partial charge in [-0.25, -0.2) is 0 Å². The van der Waals surface area contributed by atoms with Gasteiger partial charge in [0.05, 0.1) is 5.69 Å². The molecule has 0 fully saturated rings. The van der Waals surface area contributed by atoms with Gasteiger partial charge in [0.1, 0.15) is 0 Å². The lowest BCUT2D eigenvalue weighted by atomic mass is 9.97. The summed E-state index contributed by atoms with van der Waals surface area (Å²) in [4.78, 5) is 8.38. The predicted molar refractivity (Wildman–Crippen MR) is 50.0 cm³/mol. The molecule has 1 rings (SSSR count). The van der Waals surface area contributed by atoms with E-state index in [2.05, 4.69) is 23.8 Å². The van der Waals surface area contributed by atoms with E-state index in [0.717, 1.165) is 12.1 Å². The van der Waals surface area contributed by atoms with Crippen LogP contribution < -0.4 is 0 Å². The van der Waals surface area contributed by atoms with Gasteiger partial charge in [-0.1, -0.05) is 20.3 Å². The van der Waals surface area contributed by atoms with Crippen molar-refractivity contribution in [3.8, 4) is 0 Å². The van der Waals surface area contributed by atoms with Gasteiger partial charge >= 0.3 is 0 Å². The second-order valence-corrected chi connectivity index (χ2v) is 3.02. The topological polar surface area (TPSA) is 25.8 Å². The monoisotopic (exact) mass is 164 g/mol. The zero-order chi connectivity index (χ0) is 8.81. The Kier molecular flexibility index (Phi) is 3.71. The van der Waals surface area contributed by atoms with Crippen LogP contribution in [0.3, 0.4) is 0 Å². The summed E-state index contributed by atoms with van der Waals surface area (Å²) in [7, 11) is 0. The Labute approximate surface area is 74.1 Å². The lowest BCUT2D eigenvalue weighted by Crippen LogP contribution is -1.99. The van der Waals surface area contributed by atoms with Crippen LogP contribution >= 0.6 is 0 Å². The smallest absolute Gasteiger partial charge is 0.0617 e. The van der Waals surface area contributed by atoms with Crippen molar-refractivity contribution in [2.75, 3.05) is 0 Å². The van der Waals surface area contributed by atoms with Gasteiger partial charge in [0.25, 0.3) is 0 Å². The Morgan fingerprint density at radius 3 is 2.67 bits per heavy atom. The van der Waals surface area contributed by atoms with Gasteiger partial charge in [-0.05, 0) is 12.8 Å². The second kappa shape index (κ2) is 4.86. The van der Waals surface area contributed by atoms with E-state index < -0.39 is 0 Å². The molecular formula is C10H16N2. The van der Waals surface area contributed by atoms with Crippen molar-refractivity contribution in [2.24, 2.45) is 0 Å². The molecule has 0 bridgehead atoms. The lowest BCUT2D eigenvalue weighted by molar-refractivity contribution is 0.579. The summed E-state index contributed by atoms with van der Waals surface area (Å²) in [5.41, 5.74) is 1.14. The molecule has 2 nitrogen and oxygen atoms in total. The van der Waals surface area contributed by atoms with Crippen LogP contribution in [0.2, 0.25) is 0 Å². The Balaban J connectivity index is 2.66. The molecule has 1 unspecified atom stereocenters. The second-order valence-electron chi connectivity index (χ2n) is 3.02. The SMILES string of the molecule is CCCC(CC)c1cnccn1. The summed E-state index contributed by atoms with van der Waals surface area (Å²) in [6.45, 7) is 4.41. The van der Waals surface area contributed by atoms with E-state index in [1.807, 2.05) is 6.20 Å². The highest BCUT2D eigenvalue weighted by atomic mass is 14.8. The first-order chi connectivity index (χ1) is 5.88. The van der Waals surface area contributed by atoms with Gasteiger partial charge in [0.2, 0.25) is 0 Å². The molecule has 0 N–H and O–H groups in total. The molecule has 1 heterocycles. The highest BCUT2D eigenvalue weighted by molar-refractivity contribution is 5.02. The molecule has 0 aromatic carbocycles. The Bertz CT molecular complexity index is 208. The fourth-order valence-electron chi connectivity index (χ4n) is 1.43. The minimum Gasteiger partial charge on any atom is -0.261 e. The predicted octanol–water partition coefficient (Wildman–Crippen LogP) is 2.77. The van der Waals surface area contributed by atoms with Crippen molar-refractivity contribution < 1.29 is 0 Å². The van der Waals surface area contributed by atoms with E-state index in [9.17, 15) is 0 Å². The van der Waals surface area contributed by atoms with Crippen LogP contribution in [0.5, 0.6) is 0 Å². The minimum absolute atomic E-state index is 0.601. The highest BCUT2D eigenvalue weighted by Gasteiger charge is 2.08. The molecule has 66 valence electrons. The third-order valence-electron chi connectivity index (χ3n) is 2.13. The van der Waals surface area contributed by atoms with Gasteiger partial charge in [0.15, 0.2) is 0 Å². The molecular weight excluding hydrogens is 148 g/mol. The van der Waals surface area contributed by atoms with E-state index in [-0.39, 0.29) is 0 Å². The lowest BCUT2D eigenvalue weighted by Gasteiger charge is -2.11. The van der Waals surface area contributed by atoms with Crippen molar-refractivity contribution in [2.45, 2.75) is 39.0 Å². The van der Waals surface area contributed by atoms with Gasteiger partial charge < -0.3 is 0 Å². The van der Waals surface area contributed by atoms with E-state index in [1.165, 1.54) is 12.8 Å². The Hall–Kier alpha value is -0.920. The van der Waals surface area contributed by atoms with E-state index in [1.54, 1.807) is 12.4 Å². The van der Waals surface area contributed by atoms with Crippen molar-refractivity contribution in [1.29, 1.82) is 0 Å². The summed E-state index contributed by atoms with van der Waals surface area (Å²) in [6, 6.07) is 0. The first kappa shape index (κ1) is 9.17. The van der Waals surface area contributed by atoms with E-state index >= 15 is 0 Å². The van der Waals surface area contributed by atoms with Crippen LogP contribution in [0.25, 0.3) is 0 Å². The van der Waals surface area contributed by atoms with Crippen LogP contribution in [-0.2, 0) is 0 Å². The van der Waals surface area contributed by atoms with Crippen LogP contribution in [0.15, 0.2) is 18.6 Å². The van der Waals surface area contributed by atoms with Gasteiger partial charge in [-0.2, -0.15) is 0 Å². The molecule has 1 aromatic rings. The summed E-state index contributed by atoms with van der Waals surface area (Å²) in [5, 5.41) is 0. The molecule has 0 aliphatic carbocycles. The number of hydrogen-bond donors (Lipinski definition) is 0. The van der Waals surface area contributed by atoms with Crippen molar-refractivity contribution in [3.05, 3.63) is 24.3 Å². The molecule has 0 aliphatic rings. The average Bonchev–Trinajstić information content (AvgIpc) is 2.15. The summed E-state index contributed by atoms with van der Waals surface area (Å²) in [6.07, 6.45) is 8.97. The molecule has 0 amide bonds. The van der Waals surface area contributed by atoms with E-state index in [0.29, 0.717) is 5.92 Å². The largest absolute Gasteiger partial charge is 0.261 e. The van der Waals surface area contributed by atoms with Crippen molar-refractivity contribution in [3.63, 3.8) is 0 Å². The van der Waals surface area contributed by atoms with Gasteiger partial charge in [0, 0.05) is 24.5 Å². The molecule has 1 aromatic heterocycles. The van der Waals surface area contributed by atoms with Crippen LogP contribution in [-0.4, -0.2) is 9.97 Å². The normalized spacial score (nSPS) is 12.8. The highest BCUT2D eigenvalue weighted by Crippen LogP contribution is 2.21. The summed E-state index contributed by atoms with van der Waals surface area (Å²) in [5.74, 6) is 0.601. The molecule has 0 saturated carbocycles. The first-order valence-electron chi connectivity index (χ1n) is 4.64. The van der Waals surface area contributed by atoms with Crippen molar-refractivity contribution >= 4 is 0 Å². The maximum Gasteiger partial charge on any atom is 0.0617 e. The van der Waals surface area contributed by atoms with Crippen LogP contribution in [0.1, 0.15) is 44.7 Å². The first-order valence-corrected chi connectivity index (χ1v) is 4.64.